The molecule has 0 radical (unpaired) electrons. The Labute approximate surface area is 234 Å². The van der Waals surface area contributed by atoms with Gasteiger partial charge in [0.1, 0.15) is 0 Å². The van der Waals surface area contributed by atoms with Crippen molar-refractivity contribution in [2.45, 2.75) is 45.6 Å². The first-order valence-corrected chi connectivity index (χ1v) is 15.1. The topological polar surface area (TPSA) is 135 Å². The molecule has 12 heteroatoms. The number of nitrogens with zero attached hydrogens (tertiary/aromatic N) is 8. The average Bonchev–Trinajstić information content (AvgIpc) is 3.68. The fourth-order valence-electron chi connectivity index (χ4n) is 5.08. The van der Waals surface area contributed by atoms with E-state index in [0.717, 1.165) is 47.5 Å². The molecular formula is C28H33N9O2S. The fourth-order valence-corrected chi connectivity index (χ4v) is 6.22. The zero-order valence-corrected chi connectivity index (χ0v) is 23.5. The van der Waals surface area contributed by atoms with Gasteiger partial charge in [-0.05, 0) is 74.9 Å². The molecule has 1 saturated heterocycles. The largest absolute Gasteiger partial charge is 0.324 e. The minimum atomic E-state index is -3.16. The lowest BCUT2D eigenvalue weighted by atomic mass is 9.90. The Morgan fingerprint density at radius 3 is 2.60 bits per heavy atom. The number of sulfonamides is 1. The number of hydrogen-bond acceptors (Lipinski definition) is 8. The van der Waals surface area contributed by atoms with Crippen molar-refractivity contribution in [3.05, 3.63) is 66.9 Å². The minimum absolute atomic E-state index is 0.0916. The molecule has 1 fully saturated rings. The molecule has 40 heavy (non-hydrogen) atoms. The molecule has 1 atom stereocenters. The number of rotatable bonds is 10. The fraction of sp³-hybridized carbons (Fsp3) is 0.393. The van der Waals surface area contributed by atoms with Crippen LogP contribution in [-0.4, -0.2) is 61.1 Å². The minimum Gasteiger partial charge on any atom is -0.324 e. The second kappa shape index (κ2) is 12.0. The Morgan fingerprint density at radius 2 is 1.93 bits per heavy atom. The van der Waals surface area contributed by atoms with Gasteiger partial charge in [0.2, 0.25) is 16.0 Å². The lowest BCUT2D eigenvalue weighted by Crippen LogP contribution is -2.39. The highest BCUT2D eigenvalue weighted by molar-refractivity contribution is 7.89. The number of nitriles is 1. The second-order valence-electron chi connectivity index (χ2n) is 10.1. The summed E-state index contributed by atoms with van der Waals surface area (Å²) < 4.78 is 29.7. The second-order valence-corrected chi connectivity index (χ2v) is 12.3. The molecule has 5 rings (SSSR count). The highest BCUT2D eigenvalue weighted by Crippen LogP contribution is 2.31. The van der Waals surface area contributed by atoms with E-state index in [0.29, 0.717) is 31.4 Å². The van der Waals surface area contributed by atoms with Crippen LogP contribution in [0.1, 0.15) is 44.2 Å². The van der Waals surface area contributed by atoms with E-state index in [1.165, 1.54) is 0 Å². The lowest BCUT2D eigenvalue weighted by molar-refractivity contribution is 0.233. The van der Waals surface area contributed by atoms with Crippen LogP contribution < -0.4 is 5.32 Å². The van der Waals surface area contributed by atoms with Crippen LogP contribution in [0.4, 0.5) is 11.6 Å². The van der Waals surface area contributed by atoms with Crippen molar-refractivity contribution in [3.8, 4) is 23.0 Å². The first-order chi connectivity index (χ1) is 19.4. The van der Waals surface area contributed by atoms with Crippen LogP contribution in [0, 0.1) is 24.2 Å². The zero-order chi connectivity index (χ0) is 28.1. The van der Waals surface area contributed by atoms with Crippen LogP contribution in [0.25, 0.3) is 16.9 Å². The molecule has 0 saturated carbocycles. The molecule has 0 spiro atoms. The molecule has 1 N–H and O–H groups in total. The van der Waals surface area contributed by atoms with Gasteiger partial charge in [0, 0.05) is 49.1 Å². The molecule has 1 aliphatic heterocycles. The first-order valence-electron chi connectivity index (χ1n) is 13.5. The number of hydrogen-bond donors (Lipinski definition) is 1. The number of anilines is 2. The van der Waals surface area contributed by atoms with E-state index in [1.807, 2.05) is 54.3 Å². The predicted molar refractivity (Wildman–Crippen MR) is 152 cm³/mol. The van der Waals surface area contributed by atoms with Gasteiger partial charge in [0.25, 0.3) is 0 Å². The van der Waals surface area contributed by atoms with Gasteiger partial charge in [0.05, 0.1) is 41.9 Å². The van der Waals surface area contributed by atoms with Crippen LogP contribution in [0.2, 0.25) is 0 Å². The van der Waals surface area contributed by atoms with Gasteiger partial charge in [-0.15, -0.1) is 0 Å². The summed E-state index contributed by atoms with van der Waals surface area (Å²) in [6.07, 6.45) is 11.8. The standard InChI is InChI=1S/C28H33N9O2S/c1-3-40(38,39)35-15-10-22(11-16-35)17-26(9-12-29)37-20-23(19-32-37)27-21(2)18-30-28(34-27)33-24-5-7-25(8-6-24)36-14-4-13-31-36/h4-8,13-14,18-20,22,26H,3,9-11,15-17H2,1-2H3,(H,30,33,34). The number of aromatic nitrogens is 6. The molecule has 4 heterocycles. The summed E-state index contributed by atoms with van der Waals surface area (Å²) >= 11 is 0. The highest BCUT2D eigenvalue weighted by atomic mass is 32.2. The van der Waals surface area contributed by atoms with Crippen LogP contribution in [0.3, 0.4) is 0 Å². The maximum absolute atomic E-state index is 12.2. The zero-order valence-electron chi connectivity index (χ0n) is 22.7. The number of piperidine rings is 1. The van der Waals surface area contributed by atoms with Crippen molar-refractivity contribution in [2.75, 3.05) is 24.2 Å². The molecule has 1 aromatic carbocycles. The van der Waals surface area contributed by atoms with Crippen molar-refractivity contribution in [1.82, 2.24) is 33.8 Å². The normalized spacial score (nSPS) is 15.5. The Morgan fingerprint density at radius 1 is 1.15 bits per heavy atom. The SMILES string of the molecule is CCS(=O)(=O)N1CCC(CC(CC#N)n2cc(-c3nc(Nc4ccc(-n5cccn5)cc4)ncc3C)cn2)CC1. The summed E-state index contributed by atoms with van der Waals surface area (Å²) in [7, 11) is -3.16. The van der Waals surface area contributed by atoms with E-state index in [-0.39, 0.29) is 11.8 Å². The molecule has 0 aliphatic carbocycles. The van der Waals surface area contributed by atoms with Crippen molar-refractivity contribution in [3.63, 3.8) is 0 Å². The molecule has 0 amide bonds. The molecule has 11 nitrogen and oxygen atoms in total. The van der Waals surface area contributed by atoms with Gasteiger partial charge in [-0.3, -0.25) is 4.68 Å². The van der Waals surface area contributed by atoms with Crippen molar-refractivity contribution in [1.29, 1.82) is 5.26 Å². The van der Waals surface area contributed by atoms with Gasteiger partial charge >= 0.3 is 0 Å². The Hall–Kier alpha value is -4.08. The van der Waals surface area contributed by atoms with Crippen LogP contribution >= 0.6 is 0 Å². The van der Waals surface area contributed by atoms with Gasteiger partial charge < -0.3 is 5.32 Å². The molecule has 4 aromatic rings. The van der Waals surface area contributed by atoms with Crippen LogP contribution in [-0.2, 0) is 10.0 Å². The van der Waals surface area contributed by atoms with Crippen LogP contribution in [0.15, 0.2) is 61.3 Å². The molecule has 208 valence electrons. The summed E-state index contributed by atoms with van der Waals surface area (Å²) in [6.45, 7) is 4.71. The van der Waals surface area contributed by atoms with Gasteiger partial charge in [-0.1, -0.05) is 0 Å². The van der Waals surface area contributed by atoms with E-state index in [4.69, 9.17) is 4.98 Å². The summed E-state index contributed by atoms with van der Waals surface area (Å²) in [5.41, 5.74) is 4.35. The summed E-state index contributed by atoms with van der Waals surface area (Å²) in [5.74, 6) is 0.941. The molecule has 0 bridgehead atoms. The van der Waals surface area contributed by atoms with E-state index in [2.05, 4.69) is 26.6 Å². The summed E-state index contributed by atoms with van der Waals surface area (Å²) in [4.78, 5) is 9.22. The quantitative estimate of drug-likeness (QED) is 0.300. The Bertz CT molecular complexity index is 1570. The molecular weight excluding hydrogens is 526 g/mol. The summed E-state index contributed by atoms with van der Waals surface area (Å²) in [6, 6.07) is 11.9. The van der Waals surface area contributed by atoms with Crippen molar-refractivity contribution >= 4 is 21.7 Å². The molecule has 3 aromatic heterocycles. The van der Waals surface area contributed by atoms with Crippen LogP contribution in [0.5, 0.6) is 0 Å². The number of nitrogens with one attached hydrogen (secondary N) is 1. The Kier molecular flexibility index (Phi) is 8.23. The average molecular weight is 560 g/mol. The maximum Gasteiger partial charge on any atom is 0.227 e. The maximum atomic E-state index is 12.2. The molecule has 1 unspecified atom stereocenters. The van der Waals surface area contributed by atoms with Crippen molar-refractivity contribution < 1.29 is 8.42 Å². The monoisotopic (exact) mass is 559 g/mol. The van der Waals surface area contributed by atoms with E-state index >= 15 is 0 Å². The third-order valence-electron chi connectivity index (χ3n) is 7.38. The van der Waals surface area contributed by atoms with Gasteiger partial charge in [-0.2, -0.15) is 15.5 Å². The Balaban J connectivity index is 1.27. The lowest BCUT2D eigenvalue weighted by Gasteiger charge is -2.32. The highest BCUT2D eigenvalue weighted by Gasteiger charge is 2.29. The molecule has 1 aliphatic rings. The smallest absolute Gasteiger partial charge is 0.227 e. The third-order valence-corrected chi connectivity index (χ3v) is 9.26. The van der Waals surface area contributed by atoms with E-state index in [1.54, 1.807) is 34.5 Å². The van der Waals surface area contributed by atoms with Gasteiger partial charge in [-0.25, -0.2) is 27.4 Å². The van der Waals surface area contributed by atoms with Crippen molar-refractivity contribution in [2.24, 2.45) is 5.92 Å². The summed E-state index contributed by atoms with van der Waals surface area (Å²) in [5, 5.41) is 21.6. The third kappa shape index (κ3) is 6.21. The predicted octanol–water partition coefficient (Wildman–Crippen LogP) is 4.48. The number of aryl methyl sites for hydroxylation is 1. The van der Waals surface area contributed by atoms with E-state index < -0.39 is 10.0 Å². The van der Waals surface area contributed by atoms with Gasteiger partial charge in [0.15, 0.2) is 0 Å². The van der Waals surface area contributed by atoms with E-state index in [9.17, 15) is 13.7 Å². The number of benzene rings is 1. The first kappa shape index (κ1) is 27.5.